The van der Waals surface area contributed by atoms with Gasteiger partial charge in [0.1, 0.15) is 16.4 Å². The number of carbonyl (C=O) groups excluding carboxylic acids is 1. The molecule has 2 N–H and O–H groups in total. The van der Waals surface area contributed by atoms with Crippen LogP contribution in [-0.4, -0.2) is 12.6 Å². The van der Waals surface area contributed by atoms with Crippen molar-refractivity contribution in [1.29, 1.82) is 0 Å². The molecule has 3 nitrogen and oxygen atoms in total. The number of hydrogen-bond acceptors (Lipinski definition) is 4. The minimum atomic E-state index is -0.433. The van der Waals surface area contributed by atoms with Gasteiger partial charge in [-0.25, -0.2) is 9.18 Å². The van der Waals surface area contributed by atoms with E-state index in [4.69, 9.17) is 10.5 Å². The van der Waals surface area contributed by atoms with Crippen LogP contribution >= 0.6 is 11.3 Å². The van der Waals surface area contributed by atoms with Gasteiger partial charge in [-0.1, -0.05) is 26.0 Å². The number of halogens is 1. The van der Waals surface area contributed by atoms with E-state index in [2.05, 4.69) is 0 Å². The van der Waals surface area contributed by atoms with Crippen molar-refractivity contribution in [3.05, 3.63) is 40.5 Å². The van der Waals surface area contributed by atoms with Crippen molar-refractivity contribution >= 4 is 22.3 Å². The van der Waals surface area contributed by atoms with Gasteiger partial charge in [-0.15, -0.1) is 11.3 Å². The number of anilines is 1. The average molecular weight is 307 g/mol. The Morgan fingerprint density at radius 2 is 1.95 bits per heavy atom. The second kappa shape index (κ2) is 6.26. The fourth-order valence-corrected chi connectivity index (χ4v) is 3.26. The highest BCUT2D eigenvalue weighted by Crippen LogP contribution is 2.42. The second-order valence-corrected chi connectivity index (χ2v) is 6.05. The number of rotatable bonds is 4. The van der Waals surface area contributed by atoms with E-state index in [1.807, 2.05) is 13.8 Å². The van der Waals surface area contributed by atoms with E-state index in [9.17, 15) is 9.18 Å². The van der Waals surface area contributed by atoms with Crippen molar-refractivity contribution in [1.82, 2.24) is 0 Å². The molecule has 0 unspecified atom stereocenters. The lowest BCUT2D eigenvalue weighted by Gasteiger charge is -2.10. The van der Waals surface area contributed by atoms with Crippen molar-refractivity contribution < 1.29 is 13.9 Å². The highest BCUT2D eigenvalue weighted by atomic mass is 32.1. The molecule has 112 valence electrons. The second-order valence-electron chi connectivity index (χ2n) is 4.96. The van der Waals surface area contributed by atoms with E-state index in [-0.39, 0.29) is 18.3 Å². The van der Waals surface area contributed by atoms with Gasteiger partial charge in [0.15, 0.2) is 0 Å². The van der Waals surface area contributed by atoms with Gasteiger partial charge < -0.3 is 10.5 Å². The van der Waals surface area contributed by atoms with Crippen LogP contribution in [0.5, 0.6) is 0 Å². The smallest absolute Gasteiger partial charge is 0.341 e. The molecule has 2 aromatic rings. The summed E-state index contributed by atoms with van der Waals surface area (Å²) in [6, 6.07) is 6.07. The van der Waals surface area contributed by atoms with Crippen molar-refractivity contribution in [2.24, 2.45) is 0 Å². The third kappa shape index (κ3) is 3.08. The standard InChI is InChI=1S/C16H18FNO2S/c1-4-20-16(19)13-12(10-5-7-11(17)8-6-10)14(9(2)3)21-15(13)18/h5-9H,4,18H2,1-3H3. The van der Waals surface area contributed by atoms with Crippen molar-refractivity contribution in [3.8, 4) is 11.1 Å². The summed E-state index contributed by atoms with van der Waals surface area (Å²) < 4.78 is 18.2. The van der Waals surface area contributed by atoms with Crippen LogP contribution in [-0.2, 0) is 4.74 Å². The van der Waals surface area contributed by atoms with Gasteiger partial charge in [-0.2, -0.15) is 0 Å². The Hall–Kier alpha value is -1.88. The number of benzene rings is 1. The maximum atomic E-state index is 13.1. The lowest BCUT2D eigenvalue weighted by Crippen LogP contribution is -2.07. The zero-order valence-electron chi connectivity index (χ0n) is 12.3. The monoisotopic (exact) mass is 307 g/mol. The first-order valence-corrected chi connectivity index (χ1v) is 7.62. The minimum absolute atomic E-state index is 0.209. The Labute approximate surface area is 127 Å². The topological polar surface area (TPSA) is 52.3 Å². The number of hydrogen-bond donors (Lipinski definition) is 1. The lowest BCUT2D eigenvalue weighted by molar-refractivity contribution is 0.0529. The van der Waals surface area contributed by atoms with Crippen LogP contribution in [0.2, 0.25) is 0 Å². The van der Waals surface area contributed by atoms with E-state index >= 15 is 0 Å². The van der Waals surface area contributed by atoms with E-state index in [1.54, 1.807) is 19.1 Å². The summed E-state index contributed by atoms with van der Waals surface area (Å²) in [7, 11) is 0. The number of esters is 1. The molecule has 21 heavy (non-hydrogen) atoms. The molecule has 0 aliphatic carbocycles. The highest BCUT2D eigenvalue weighted by Gasteiger charge is 2.25. The van der Waals surface area contributed by atoms with Crippen LogP contribution in [0.25, 0.3) is 11.1 Å². The molecule has 0 saturated heterocycles. The van der Waals surface area contributed by atoms with Crippen LogP contribution in [0.3, 0.4) is 0 Å². The summed E-state index contributed by atoms with van der Waals surface area (Å²) in [5, 5.41) is 0.441. The van der Waals surface area contributed by atoms with Crippen molar-refractivity contribution in [3.63, 3.8) is 0 Å². The third-order valence-electron chi connectivity index (χ3n) is 3.10. The number of ether oxygens (including phenoxy) is 1. The third-order valence-corrected chi connectivity index (χ3v) is 4.42. The molecule has 2 rings (SSSR count). The van der Waals surface area contributed by atoms with E-state index in [1.165, 1.54) is 23.5 Å². The molecule has 0 radical (unpaired) electrons. The molecule has 0 bridgehead atoms. The summed E-state index contributed by atoms with van der Waals surface area (Å²) in [4.78, 5) is 13.2. The molecule has 0 fully saturated rings. The normalized spacial score (nSPS) is 10.9. The fourth-order valence-electron chi connectivity index (χ4n) is 2.18. The largest absolute Gasteiger partial charge is 0.462 e. The predicted molar refractivity (Wildman–Crippen MR) is 84.2 cm³/mol. The molecule has 1 aromatic heterocycles. The Morgan fingerprint density at radius 1 is 1.33 bits per heavy atom. The van der Waals surface area contributed by atoms with E-state index < -0.39 is 5.97 Å². The van der Waals surface area contributed by atoms with Gasteiger partial charge in [0.05, 0.1) is 6.61 Å². The Kier molecular flexibility index (Phi) is 4.63. The molecule has 0 atom stereocenters. The SMILES string of the molecule is CCOC(=O)c1c(N)sc(C(C)C)c1-c1ccc(F)cc1. The number of thiophene rings is 1. The number of nitrogens with two attached hydrogens (primary N) is 1. The maximum absolute atomic E-state index is 13.1. The molecule has 0 saturated carbocycles. The molecular weight excluding hydrogens is 289 g/mol. The number of carbonyl (C=O) groups is 1. The molecule has 0 amide bonds. The molecule has 0 aliphatic rings. The molecule has 0 aliphatic heterocycles. The molecule has 5 heteroatoms. The molecular formula is C16H18FNO2S. The van der Waals surface area contributed by atoms with E-state index in [0.29, 0.717) is 10.6 Å². The zero-order chi connectivity index (χ0) is 15.6. The summed E-state index contributed by atoms with van der Waals surface area (Å²) in [5.41, 5.74) is 7.94. The highest BCUT2D eigenvalue weighted by molar-refractivity contribution is 7.17. The van der Waals surface area contributed by atoms with Crippen LogP contribution in [0, 0.1) is 5.82 Å². The fraction of sp³-hybridized carbons (Fsp3) is 0.312. The predicted octanol–water partition coefficient (Wildman–Crippen LogP) is 4.44. The van der Waals surface area contributed by atoms with Crippen molar-refractivity contribution in [2.45, 2.75) is 26.7 Å². The van der Waals surface area contributed by atoms with Gasteiger partial charge in [-0.3, -0.25) is 0 Å². The molecule has 1 aromatic carbocycles. The van der Waals surface area contributed by atoms with Crippen LogP contribution < -0.4 is 5.73 Å². The zero-order valence-corrected chi connectivity index (χ0v) is 13.1. The van der Waals surface area contributed by atoms with Gasteiger partial charge >= 0.3 is 5.97 Å². The molecule has 1 heterocycles. The van der Waals surface area contributed by atoms with Gasteiger partial charge in [0, 0.05) is 10.4 Å². The lowest BCUT2D eigenvalue weighted by atomic mass is 9.97. The minimum Gasteiger partial charge on any atom is -0.462 e. The van der Waals surface area contributed by atoms with Gasteiger partial charge in [-0.05, 0) is 30.5 Å². The van der Waals surface area contributed by atoms with Gasteiger partial charge in [0.2, 0.25) is 0 Å². The first-order chi connectivity index (χ1) is 9.95. The summed E-state index contributed by atoms with van der Waals surface area (Å²) in [5.74, 6) is -0.538. The Bertz CT molecular complexity index is 647. The van der Waals surface area contributed by atoms with Crippen molar-refractivity contribution in [2.75, 3.05) is 12.3 Å². The maximum Gasteiger partial charge on any atom is 0.341 e. The first-order valence-electron chi connectivity index (χ1n) is 6.80. The number of nitrogen functional groups attached to an aromatic ring is 1. The summed E-state index contributed by atoms with van der Waals surface area (Å²) in [6.07, 6.45) is 0. The summed E-state index contributed by atoms with van der Waals surface area (Å²) in [6.45, 7) is 6.11. The Balaban J connectivity index is 2.65. The first kappa shape index (κ1) is 15.5. The molecule has 0 spiro atoms. The van der Waals surface area contributed by atoms with Crippen LogP contribution in [0.15, 0.2) is 24.3 Å². The van der Waals surface area contributed by atoms with Gasteiger partial charge in [0.25, 0.3) is 0 Å². The van der Waals surface area contributed by atoms with Crippen LogP contribution in [0.1, 0.15) is 41.9 Å². The Morgan fingerprint density at radius 3 is 2.48 bits per heavy atom. The average Bonchev–Trinajstić information content (AvgIpc) is 2.78. The summed E-state index contributed by atoms with van der Waals surface area (Å²) >= 11 is 1.39. The van der Waals surface area contributed by atoms with Crippen LogP contribution in [0.4, 0.5) is 9.39 Å². The quantitative estimate of drug-likeness (QED) is 0.850. The van der Waals surface area contributed by atoms with E-state index in [0.717, 1.165) is 16.0 Å².